The largest absolute Gasteiger partial charge is 0.351 e. The van der Waals surface area contributed by atoms with Crippen LogP contribution in [0.5, 0.6) is 0 Å². The van der Waals surface area contributed by atoms with Gasteiger partial charge in [-0.05, 0) is 55.9 Å². The molecule has 0 fully saturated rings. The number of benzene rings is 2. The van der Waals surface area contributed by atoms with Crippen molar-refractivity contribution in [2.24, 2.45) is 0 Å². The number of hydrogen-bond acceptors (Lipinski definition) is 2. The van der Waals surface area contributed by atoms with Crippen LogP contribution in [0.4, 0.5) is 14.5 Å². The standard InChI is InChI=1S/C21H21F2N3OS/c1-12-5-8-15(9-6-12)26-13(2)18(20(27)25(3)4)19(24-21(26)28)14-7-10-16(22)17(23)11-14/h5-11,19H,1-4H3,(H,24,28)/t19-/m1/s1. The van der Waals surface area contributed by atoms with Crippen LogP contribution in [-0.4, -0.2) is 30.0 Å². The van der Waals surface area contributed by atoms with E-state index >= 15 is 0 Å². The quantitative estimate of drug-likeness (QED) is 0.787. The summed E-state index contributed by atoms with van der Waals surface area (Å²) in [5.41, 5.74) is 3.40. The number of carbonyl (C=O) groups is 1. The van der Waals surface area contributed by atoms with Gasteiger partial charge >= 0.3 is 0 Å². The van der Waals surface area contributed by atoms with Crippen LogP contribution in [0.3, 0.4) is 0 Å². The van der Waals surface area contributed by atoms with E-state index in [1.165, 1.54) is 11.0 Å². The molecule has 0 spiro atoms. The molecular formula is C21H21F2N3OS. The second-order valence-corrected chi connectivity index (χ2v) is 7.31. The highest BCUT2D eigenvalue weighted by Gasteiger charge is 2.35. The molecule has 0 saturated carbocycles. The number of allylic oxidation sites excluding steroid dienone is 1. The van der Waals surface area contributed by atoms with Crippen molar-refractivity contribution in [3.8, 4) is 0 Å². The van der Waals surface area contributed by atoms with Crippen molar-refractivity contribution in [3.05, 3.63) is 76.5 Å². The summed E-state index contributed by atoms with van der Waals surface area (Å²) in [5, 5.41) is 3.50. The number of likely N-dealkylation sites (N-methyl/N-ethyl adjacent to an activating group) is 1. The highest BCUT2D eigenvalue weighted by Crippen LogP contribution is 2.34. The summed E-state index contributed by atoms with van der Waals surface area (Å²) in [6.45, 7) is 3.79. The van der Waals surface area contributed by atoms with E-state index in [2.05, 4.69) is 5.32 Å². The number of thiocarbonyl (C=S) groups is 1. The average Bonchev–Trinajstić information content (AvgIpc) is 2.64. The van der Waals surface area contributed by atoms with Crippen LogP contribution < -0.4 is 10.2 Å². The highest BCUT2D eigenvalue weighted by atomic mass is 32.1. The van der Waals surface area contributed by atoms with Gasteiger partial charge < -0.3 is 10.2 Å². The Bertz CT molecular complexity index is 970. The number of nitrogens with one attached hydrogen (secondary N) is 1. The van der Waals surface area contributed by atoms with Crippen molar-refractivity contribution in [1.82, 2.24) is 10.2 Å². The van der Waals surface area contributed by atoms with Gasteiger partial charge in [-0.15, -0.1) is 0 Å². The first-order valence-electron chi connectivity index (χ1n) is 8.75. The van der Waals surface area contributed by atoms with Gasteiger partial charge in [0.05, 0.1) is 11.6 Å². The van der Waals surface area contributed by atoms with Crippen LogP contribution in [0.2, 0.25) is 0 Å². The smallest absolute Gasteiger partial charge is 0.253 e. The summed E-state index contributed by atoms with van der Waals surface area (Å²) in [6, 6.07) is 10.7. The SMILES string of the molecule is CC1=C(C(=O)N(C)C)[C@@H](c2ccc(F)c(F)c2)NC(=S)N1c1ccc(C)cc1. The molecule has 0 aromatic heterocycles. The topological polar surface area (TPSA) is 35.6 Å². The minimum absolute atomic E-state index is 0.237. The molecule has 1 aliphatic heterocycles. The monoisotopic (exact) mass is 401 g/mol. The summed E-state index contributed by atoms with van der Waals surface area (Å²) >= 11 is 5.55. The molecule has 1 amide bonds. The molecule has 0 saturated heterocycles. The molecule has 1 heterocycles. The molecule has 0 bridgehead atoms. The zero-order valence-electron chi connectivity index (χ0n) is 16.1. The van der Waals surface area contributed by atoms with E-state index in [1.807, 2.05) is 31.2 Å². The number of carbonyl (C=O) groups excluding carboxylic acids is 1. The molecule has 28 heavy (non-hydrogen) atoms. The summed E-state index contributed by atoms with van der Waals surface area (Å²) in [4.78, 5) is 16.2. The van der Waals surface area contributed by atoms with E-state index in [9.17, 15) is 13.6 Å². The average molecular weight is 401 g/mol. The van der Waals surface area contributed by atoms with Crippen LogP contribution in [0, 0.1) is 18.6 Å². The van der Waals surface area contributed by atoms with E-state index in [1.54, 1.807) is 25.9 Å². The maximum atomic E-state index is 13.8. The third-order valence-electron chi connectivity index (χ3n) is 4.69. The Labute approximate surface area is 168 Å². The lowest BCUT2D eigenvalue weighted by Crippen LogP contribution is -2.49. The molecule has 0 unspecified atom stereocenters. The Balaban J connectivity index is 2.16. The summed E-state index contributed by atoms with van der Waals surface area (Å²) in [7, 11) is 3.29. The van der Waals surface area contributed by atoms with Gasteiger partial charge in [0.2, 0.25) is 0 Å². The predicted octanol–water partition coefficient (Wildman–Crippen LogP) is 4.07. The van der Waals surface area contributed by atoms with Crippen molar-refractivity contribution in [1.29, 1.82) is 0 Å². The van der Waals surface area contributed by atoms with Crippen LogP contribution in [0.1, 0.15) is 24.1 Å². The van der Waals surface area contributed by atoms with E-state index in [-0.39, 0.29) is 5.91 Å². The lowest BCUT2D eigenvalue weighted by atomic mass is 9.93. The number of anilines is 1. The summed E-state index contributed by atoms with van der Waals surface area (Å²) in [5.74, 6) is -2.15. The molecule has 1 N–H and O–H groups in total. The summed E-state index contributed by atoms with van der Waals surface area (Å²) < 4.78 is 27.2. The zero-order chi connectivity index (χ0) is 20.6. The number of nitrogens with zero attached hydrogens (tertiary/aromatic N) is 2. The fourth-order valence-electron chi connectivity index (χ4n) is 3.21. The normalized spacial score (nSPS) is 16.9. The number of rotatable bonds is 3. The Morgan fingerprint density at radius 2 is 1.71 bits per heavy atom. The zero-order valence-corrected chi connectivity index (χ0v) is 16.9. The first kappa shape index (κ1) is 19.9. The Kier molecular flexibility index (Phi) is 5.47. The lowest BCUT2D eigenvalue weighted by Gasteiger charge is -2.38. The van der Waals surface area contributed by atoms with Gasteiger partial charge in [-0.3, -0.25) is 9.69 Å². The van der Waals surface area contributed by atoms with E-state index in [0.29, 0.717) is 21.9 Å². The molecule has 0 aliphatic carbocycles. The molecule has 7 heteroatoms. The van der Waals surface area contributed by atoms with Gasteiger partial charge in [0, 0.05) is 25.5 Å². The summed E-state index contributed by atoms with van der Waals surface area (Å²) in [6.07, 6.45) is 0. The number of hydrogen-bond donors (Lipinski definition) is 1. The van der Waals surface area contributed by atoms with Gasteiger partial charge in [0.1, 0.15) is 0 Å². The van der Waals surface area contributed by atoms with Gasteiger partial charge in [-0.2, -0.15) is 0 Å². The second kappa shape index (κ2) is 7.67. The minimum Gasteiger partial charge on any atom is -0.351 e. The number of halogens is 2. The van der Waals surface area contributed by atoms with Crippen LogP contribution in [0.25, 0.3) is 0 Å². The Hall–Kier alpha value is -2.80. The highest BCUT2D eigenvalue weighted by molar-refractivity contribution is 7.80. The van der Waals surface area contributed by atoms with Crippen molar-refractivity contribution < 1.29 is 13.6 Å². The predicted molar refractivity (Wildman–Crippen MR) is 110 cm³/mol. The third kappa shape index (κ3) is 3.62. The van der Waals surface area contributed by atoms with Crippen LogP contribution >= 0.6 is 12.2 Å². The second-order valence-electron chi connectivity index (χ2n) is 6.93. The molecule has 1 atom stereocenters. The van der Waals surface area contributed by atoms with Crippen LogP contribution in [-0.2, 0) is 4.79 Å². The molecular weight excluding hydrogens is 380 g/mol. The maximum Gasteiger partial charge on any atom is 0.253 e. The fourth-order valence-corrected chi connectivity index (χ4v) is 3.57. The van der Waals surface area contributed by atoms with E-state index < -0.39 is 17.7 Å². The minimum atomic E-state index is -0.972. The molecule has 2 aromatic rings. The molecule has 0 radical (unpaired) electrons. The van der Waals surface area contributed by atoms with Gasteiger partial charge in [-0.1, -0.05) is 23.8 Å². The fraction of sp³-hybridized carbons (Fsp3) is 0.238. The Morgan fingerprint density at radius 3 is 2.29 bits per heavy atom. The van der Waals surface area contributed by atoms with Gasteiger partial charge in [0.25, 0.3) is 5.91 Å². The van der Waals surface area contributed by atoms with Gasteiger partial charge in [-0.25, -0.2) is 8.78 Å². The molecule has 3 rings (SSSR count). The number of aryl methyl sites for hydroxylation is 1. The molecule has 2 aromatic carbocycles. The van der Waals surface area contributed by atoms with E-state index in [4.69, 9.17) is 12.2 Å². The first-order chi connectivity index (χ1) is 13.2. The van der Waals surface area contributed by atoms with Crippen LogP contribution in [0.15, 0.2) is 53.7 Å². The van der Waals surface area contributed by atoms with Crippen molar-refractivity contribution in [2.75, 3.05) is 19.0 Å². The van der Waals surface area contributed by atoms with Crippen molar-refractivity contribution >= 4 is 28.9 Å². The lowest BCUT2D eigenvalue weighted by molar-refractivity contribution is -0.125. The van der Waals surface area contributed by atoms with E-state index in [0.717, 1.165) is 23.4 Å². The van der Waals surface area contributed by atoms with Crippen molar-refractivity contribution in [3.63, 3.8) is 0 Å². The molecule has 146 valence electrons. The van der Waals surface area contributed by atoms with Gasteiger partial charge in [0.15, 0.2) is 16.7 Å². The molecule has 4 nitrogen and oxygen atoms in total. The van der Waals surface area contributed by atoms with Crippen molar-refractivity contribution in [2.45, 2.75) is 19.9 Å². The number of amides is 1. The maximum absolute atomic E-state index is 13.8. The molecule has 1 aliphatic rings. The third-order valence-corrected chi connectivity index (χ3v) is 4.99. The first-order valence-corrected chi connectivity index (χ1v) is 9.16. The Morgan fingerprint density at radius 1 is 1.07 bits per heavy atom.